The van der Waals surface area contributed by atoms with Crippen LogP contribution in [-0.4, -0.2) is 12.6 Å². The average molecular weight is 275 g/mol. The summed E-state index contributed by atoms with van der Waals surface area (Å²) < 4.78 is 6.37. The molecule has 1 aromatic rings. The third-order valence-corrected chi connectivity index (χ3v) is 4.24. The summed E-state index contributed by atoms with van der Waals surface area (Å²) in [4.78, 5) is 0. The van der Waals surface area contributed by atoms with Gasteiger partial charge in [-0.05, 0) is 57.7 Å². The maximum atomic E-state index is 6.37. The van der Waals surface area contributed by atoms with E-state index in [2.05, 4.69) is 44.3 Å². The number of ether oxygens (including phenoxy) is 1. The molecule has 1 N–H and O–H groups in total. The second kappa shape index (κ2) is 7.68. The predicted octanol–water partition coefficient (Wildman–Crippen LogP) is 4.77. The molecule has 0 saturated heterocycles. The van der Waals surface area contributed by atoms with Crippen molar-refractivity contribution in [3.8, 4) is 5.75 Å². The topological polar surface area (TPSA) is 21.3 Å². The van der Waals surface area contributed by atoms with Gasteiger partial charge in [0, 0.05) is 11.6 Å². The summed E-state index contributed by atoms with van der Waals surface area (Å²) in [6.45, 7) is 7.49. The molecular weight excluding hydrogens is 246 g/mol. The summed E-state index contributed by atoms with van der Waals surface area (Å²) in [5.41, 5.74) is 2.57. The summed E-state index contributed by atoms with van der Waals surface area (Å²) >= 11 is 0. The van der Waals surface area contributed by atoms with Crippen LogP contribution < -0.4 is 10.1 Å². The normalized spacial score (nSPS) is 18.6. The van der Waals surface area contributed by atoms with E-state index in [1.807, 2.05) is 0 Å². The van der Waals surface area contributed by atoms with E-state index in [-0.39, 0.29) is 0 Å². The summed E-state index contributed by atoms with van der Waals surface area (Å²) in [6.07, 6.45) is 8.20. The third kappa shape index (κ3) is 4.24. The first kappa shape index (κ1) is 15.4. The lowest BCUT2D eigenvalue weighted by molar-refractivity contribution is 0.180. The highest BCUT2D eigenvalue weighted by molar-refractivity contribution is 5.39. The SMILES string of the molecule is CCNC(C)c1ccc(C)cc1OC1CCCCCC1. The number of nitrogens with one attached hydrogen (secondary N) is 1. The van der Waals surface area contributed by atoms with Crippen molar-refractivity contribution in [1.82, 2.24) is 5.32 Å². The van der Waals surface area contributed by atoms with Crippen molar-refractivity contribution in [2.75, 3.05) is 6.54 Å². The van der Waals surface area contributed by atoms with Gasteiger partial charge in [0.1, 0.15) is 5.75 Å². The number of hydrogen-bond acceptors (Lipinski definition) is 2. The first-order chi connectivity index (χ1) is 9.70. The molecule has 0 spiro atoms. The van der Waals surface area contributed by atoms with Gasteiger partial charge < -0.3 is 10.1 Å². The second-order valence-corrected chi connectivity index (χ2v) is 6.05. The van der Waals surface area contributed by atoms with Crippen LogP contribution in [0.15, 0.2) is 18.2 Å². The molecule has 1 aliphatic carbocycles. The summed E-state index contributed by atoms with van der Waals surface area (Å²) in [7, 11) is 0. The zero-order chi connectivity index (χ0) is 14.4. The van der Waals surface area contributed by atoms with Crippen LogP contribution in [0.25, 0.3) is 0 Å². The lowest BCUT2D eigenvalue weighted by atomic mass is 10.0. The highest BCUT2D eigenvalue weighted by atomic mass is 16.5. The molecule has 0 bridgehead atoms. The van der Waals surface area contributed by atoms with E-state index in [0.29, 0.717) is 12.1 Å². The Morgan fingerprint density at radius 2 is 1.90 bits per heavy atom. The summed E-state index contributed by atoms with van der Waals surface area (Å²) in [5.74, 6) is 1.09. The molecule has 1 saturated carbocycles. The van der Waals surface area contributed by atoms with Gasteiger partial charge >= 0.3 is 0 Å². The van der Waals surface area contributed by atoms with Crippen LogP contribution in [0.1, 0.15) is 69.5 Å². The molecule has 112 valence electrons. The van der Waals surface area contributed by atoms with Crippen LogP contribution in [0, 0.1) is 6.92 Å². The fourth-order valence-corrected chi connectivity index (χ4v) is 3.06. The minimum atomic E-state index is 0.348. The molecule has 1 unspecified atom stereocenters. The molecule has 2 nitrogen and oxygen atoms in total. The fourth-order valence-electron chi connectivity index (χ4n) is 3.06. The molecule has 20 heavy (non-hydrogen) atoms. The minimum Gasteiger partial charge on any atom is -0.490 e. The molecule has 0 aliphatic heterocycles. The number of benzene rings is 1. The van der Waals surface area contributed by atoms with Crippen molar-refractivity contribution in [2.24, 2.45) is 0 Å². The van der Waals surface area contributed by atoms with Crippen molar-refractivity contribution in [3.63, 3.8) is 0 Å². The van der Waals surface area contributed by atoms with Crippen LogP contribution in [0.4, 0.5) is 0 Å². The van der Waals surface area contributed by atoms with E-state index in [1.165, 1.54) is 49.7 Å². The number of rotatable bonds is 5. The predicted molar refractivity (Wildman–Crippen MR) is 85.4 cm³/mol. The van der Waals surface area contributed by atoms with Gasteiger partial charge in [-0.15, -0.1) is 0 Å². The third-order valence-electron chi connectivity index (χ3n) is 4.24. The smallest absolute Gasteiger partial charge is 0.124 e. The highest BCUT2D eigenvalue weighted by Gasteiger charge is 2.17. The summed E-state index contributed by atoms with van der Waals surface area (Å²) in [6, 6.07) is 6.95. The Morgan fingerprint density at radius 3 is 2.55 bits per heavy atom. The van der Waals surface area contributed by atoms with Gasteiger partial charge in [-0.3, -0.25) is 0 Å². The van der Waals surface area contributed by atoms with E-state index in [0.717, 1.165) is 12.3 Å². The lowest BCUT2D eigenvalue weighted by Crippen LogP contribution is -2.21. The zero-order valence-corrected chi connectivity index (χ0v) is 13.2. The van der Waals surface area contributed by atoms with Gasteiger partial charge in [-0.25, -0.2) is 0 Å². The van der Waals surface area contributed by atoms with Gasteiger partial charge in [0.15, 0.2) is 0 Å². The number of hydrogen-bond donors (Lipinski definition) is 1. The molecule has 2 heteroatoms. The molecule has 1 atom stereocenters. The van der Waals surface area contributed by atoms with Crippen molar-refractivity contribution in [1.29, 1.82) is 0 Å². The standard InChI is InChI=1S/C18H29NO/c1-4-19-15(3)17-12-11-14(2)13-18(17)20-16-9-7-5-6-8-10-16/h11-13,15-16,19H,4-10H2,1-3H3. The minimum absolute atomic E-state index is 0.348. The van der Waals surface area contributed by atoms with Crippen molar-refractivity contribution < 1.29 is 4.74 Å². The van der Waals surface area contributed by atoms with Crippen LogP contribution in [0.2, 0.25) is 0 Å². The van der Waals surface area contributed by atoms with Crippen molar-refractivity contribution in [2.45, 2.75) is 71.4 Å². The van der Waals surface area contributed by atoms with E-state index in [9.17, 15) is 0 Å². The van der Waals surface area contributed by atoms with E-state index >= 15 is 0 Å². The largest absolute Gasteiger partial charge is 0.490 e. The Hall–Kier alpha value is -1.02. The second-order valence-electron chi connectivity index (χ2n) is 6.05. The highest BCUT2D eigenvalue weighted by Crippen LogP contribution is 2.30. The van der Waals surface area contributed by atoms with Gasteiger partial charge in [-0.1, -0.05) is 31.9 Å². The van der Waals surface area contributed by atoms with Crippen molar-refractivity contribution in [3.05, 3.63) is 29.3 Å². The molecular formula is C18H29NO. The number of aryl methyl sites for hydroxylation is 1. The molecule has 0 aromatic heterocycles. The Labute approximate surface area is 123 Å². The van der Waals surface area contributed by atoms with E-state index in [4.69, 9.17) is 4.74 Å². The van der Waals surface area contributed by atoms with E-state index < -0.39 is 0 Å². The van der Waals surface area contributed by atoms with Crippen molar-refractivity contribution >= 4 is 0 Å². The van der Waals surface area contributed by atoms with Gasteiger partial charge in [0.05, 0.1) is 6.10 Å². The van der Waals surface area contributed by atoms with Crippen LogP contribution in [0.5, 0.6) is 5.75 Å². The molecule has 1 aliphatic rings. The van der Waals surface area contributed by atoms with Crippen LogP contribution in [-0.2, 0) is 0 Å². The summed E-state index contributed by atoms with van der Waals surface area (Å²) in [5, 5.41) is 3.49. The molecule has 1 aromatic carbocycles. The molecule has 0 heterocycles. The van der Waals surface area contributed by atoms with Gasteiger partial charge in [-0.2, -0.15) is 0 Å². The van der Waals surface area contributed by atoms with Crippen LogP contribution in [0.3, 0.4) is 0 Å². The fraction of sp³-hybridized carbons (Fsp3) is 0.667. The molecule has 2 rings (SSSR count). The Morgan fingerprint density at radius 1 is 1.20 bits per heavy atom. The molecule has 0 amide bonds. The maximum absolute atomic E-state index is 6.37. The Kier molecular flexibility index (Phi) is 5.90. The zero-order valence-electron chi connectivity index (χ0n) is 13.2. The molecule has 1 fully saturated rings. The van der Waals surface area contributed by atoms with Crippen LogP contribution >= 0.6 is 0 Å². The quantitative estimate of drug-likeness (QED) is 0.782. The monoisotopic (exact) mass is 275 g/mol. The lowest BCUT2D eigenvalue weighted by Gasteiger charge is -2.23. The first-order valence-corrected chi connectivity index (χ1v) is 8.21. The molecule has 0 radical (unpaired) electrons. The average Bonchev–Trinajstić information content (AvgIpc) is 2.68. The van der Waals surface area contributed by atoms with Gasteiger partial charge in [0.2, 0.25) is 0 Å². The first-order valence-electron chi connectivity index (χ1n) is 8.21. The van der Waals surface area contributed by atoms with E-state index in [1.54, 1.807) is 0 Å². The maximum Gasteiger partial charge on any atom is 0.124 e. The van der Waals surface area contributed by atoms with Gasteiger partial charge in [0.25, 0.3) is 0 Å². The Balaban J connectivity index is 2.13. The Bertz CT molecular complexity index is 408.